The number of anilines is 1. The first-order valence-corrected chi connectivity index (χ1v) is 7.93. The van der Waals surface area contributed by atoms with Gasteiger partial charge in [0.2, 0.25) is 5.91 Å². The van der Waals surface area contributed by atoms with E-state index in [0.29, 0.717) is 16.4 Å². The van der Waals surface area contributed by atoms with E-state index in [9.17, 15) is 9.59 Å². The van der Waals surface area contributed by atoms with Gasteiger partial charge in [-0.3, -0.25) is 9.59 Å². The van der Waals surface area contributed by atoms with Crippen LogP contribution in [-0.4, -0.2) is 23.8 Å². The Hall–Kier alpha value is -2.21. The van der Waals surface area contributed by atoms with E-state index in [4.69, 9.17) is 4.74 Å². The van der Waals surface area contributed by atoms with Crippen LogP contribution in [-0.2, 0) is 17.6 Å². The smallest absolute Gasteiger partial charge is 0.230 e. The molecule has 2 aromatic rings. The van der Waals surface area contributed by atoms with Gasteiger partial charge in [-0.25, -0.2) is 4.98 Å². The molecule has 0 radical (unpaired) electrons. The molecule has 0 saturated carbocycles. The molecule has 3 rings (SSSR count). The quantitative estimate of drug-likeness (QED) is 0.942. The maximum Gasteiger partial charge on any atom is 0.230 e. The van der Waals surface area contributed by atoms with Crippen molar-refractivity contribution in [3.05, 3.63) is 40.4 Å². The second-order valence-electron chi connectivity index (χ2n) is 5.14. The fraction of sp³-hybridized carbons (Fsp3) is 0.312. The van der Waals surface area contributed by atoms with E-state index >= 15 is 0 Å². The lowest BCUT2D eigenvalue weighted by molar-refractivity contribution is -0.115. The third-order valence-electron chi connectivity index (χ3n) is 3.54. The molecule has 0 aliphatic heterocycles. The number of ether oxygens (including phenoxy) is 1. The lowest BCUT2D eigenvalue weighted by atomic mass is 10.0. The Kier molecular flexibility index (Phi) is 4.20. The Bertz CT molecular complexity index is 707. The van der Waals surface area contributed by atoms with Gasteiger partial charge >= 0.3 is 0 Å². The topological polar surface area (TPSA) is 68.3 Å². The summed E-state index contributed by atoms with van der Waals surface area (Å²) in [5.74, 6) is 0.758. The molecule has 0 saturated heterocycles. The van der Waals surface area contributed by atoms with Gasteiger partial charge in [0.25, 0.3) is 0 Å². The third-order valence-corrected chi connectivity index (χ3v) is 4.59. The van der Waals surface area contributed by atoms with Crippen LogP contribution >= 0.6 is 11.3 Å². The molecule has 0 bridgehead atoms. The number of nitrogens with one attached hydrogen (secondary N) is 1. The number of methoxy groups -OCH3 is 1. The van der Waals surface area contributed by atoms with E-state index in [1.807, 2.05) is 24.3 Å². The fourth-order valence-corrected chi connectivity index (χ4v) is 3.41. The van der Waals surface area contributed by atoms with Crippen LogP contribution in [0, 0.1) is 0 Å². The average molecular weight is 316 g/mol. The second kappa shape index (κ2) is 6.27. The Morgan fingerprint density at radius 3 is 2.77 bits per heavy atom. The van der Waals surface area contributed by atoms with Crippen molar-refractivity contribution in [2.24, 2.45) is 0 Å². The SMILES string of the molecule is COc1ccc(CC(=O)Nc2nc3c(s2)C(=O)CCC3)cc1. The van der Waals surface area contributed by atoms with E-state index in [0.717, 1.165) is 29.8 Å². The highest BCUT2D eigenvalue weighted by Crippen LogP contribution is 2.29. The number of amides is 1. The number of carbonyl (C=O) groups excluding carboxylic acids is 2. The fourth-order valence-electron chi connectivity index (χ4n) is 2.41. The Morgan fingerprint density at radius 2 is 2.09 bits per heavy atom. The molecule has 1 aliphatic carbocycles. The summed E-state index contributed by atoms with van der Waals surface area (Å²) in [7, 11) is 1.60. The van der Waals surface area contributed by atoms with Gasteiger partial charge in [0.15, 0.2) is 10.9 Å². The van der Waals surface area contributed by atoms with E-state index in [2.05, 4.69) is 10.3 Å². The van der Waals surface area contributed by atoms with Crippen LogP contribution in [0.15, 0.2) is 24.3 Å². The first-order valence-electron chi connectivity index (χ1n) is 7.11. The molecule has 1 N–H and O–H groups in total. The summed E-state index contributed by atoms with van der Waals surface area (Å²) in [6.07, 6.45) is 2.50. The molecule has 0 fully saturated rings. The molecule has 0 spiro atoms. The maximum atomic E-state index is 12.1. The highest BCUT2D eigenvalue weighted by Gasteiger charge is 2.22. The van der Waals surface area contributed by atoms with Crippen LogP contribution in [0.3, 0.4) is 0 Å². The molecule has 0 atom stereocenters. The highest BCUT2D eigenvalue weighted by molar-refractivity contribution is 7.17. The molecule has 22 heavy (non-hydrogen) atoms. The number of hydrogen-bond acceptors (Lipinski definition) is 5. The Morgan fingerprint density at radius 1 is 1.32 bits per heavy atom. The number of fused-ring (bicyclic) bond motifs is 1. The zero-order chi connectivity index (χ0) is 15.5. The molecule has 1 aromatic heterocycles. The highest BCUT2D eigenvalue weighted by atomic mass is 32.1. The first kappa shape index (κ1) is 14.7. The molecule has 6 heteroatoms. The van der Waals surface area contributed by atoms with Gasteiger partial charge in [0.1, 0.15) is 5.75 Å². The van der Waals surface area contributed by atoms with E-state index in [1.54, 1.807) is 7.11 Å². The Balaban J connectivity index is 1.65. The normalized spacial score (nSPS) is 13.6. The molecule has 1 heterocycles. The number of carbonyl (C=O) groups is 2. The zero-order valence-corrected chi connectivity index (χ0v) is 13.0. The van der Waals surface area contributed by atoms with Gasteiger partial charge in [0.05, 0.1) is 24.1 Å². The number of benzene rings is 1. The van der Waals surface area contributed by atoms with Crippen molar-refractivity contribution >= 4 is 28.2 Å². The molecular weight excluding hydrogens is 300 g/mol. The lowest BCUT2D eigenvalue weighted by Gasteiger charge is -2.05. The molecule has 1 aliphatic rings. The van der Waals surface area contributed by atoms with Crippen LogP contribution in [0.2, 0.25) is 0 Å². The number of aryl methyl sites for hydroxylation is 1. The third kappa shape index (κ3) is 3.17. The van der Waals surface area contributed by atoms with Crippen molar-refractivity contribution in [2.45, 2.75) is 25.7 Å². The molecule has 0 unspecified atom stereocenters. The lowest BCUT2D eigenvalue weighted by Crippen LogP contribution is -2.14. The van der Waals surface area contributed by atoms with Crippen molar-refractivity contribution in [1.29, 1.82) is 0 Å². The largest absolute Gasteiger partial charge is 0.497 e. The summed E-state index contributed by atoms with van der Waals surface area (Å²) >= 11 is 1.28. The monoisotopic (exact) mass is 316 g/mol. The van der Waals surface area contributed by atoms with Crippen LogP contribution in [0.25, 0.3) is 0 Å². The van der Waals surface area contributed by atoms with Crippen LogP contribution in [0.4, 0.5) is 5.13 Å². The first-order chi connectivity index (χ1) is 10.7. The summed E-state index contributed by atoms with van der Waals surface area (Å²) in [6.45, 7) is 0. The van der Waals surface area contributed by atoms with Crippen molar-refractivity contribution < 1.29 is 14.3 Å². The summed E-state index contributed by atoms with van der Waals surface area (Å²) in [6, 6.07) is 7.36. The van der Waals surface area contributed by atoms with E-state index in [1.165, 1.54) is 11.3 Å². The number of thiazole rings is 1. The molecule has 1 amide bonds. The number of aromatic nitrogens is 1. The molecular formula is C16H16N2O3S. The van der Waals surface area contributed by atoms with Gasteiger partial charge in [-0.05, 0) is 30.5 Å². The van der Waals surface area contributed by atoms with E-state index < -0.39 is 0 Å². The maximum absolute atomic E-state index is 12.1. The number of hydrogen-bond donors (Lipinski definition) is 1. The Labute approximate surface area is 132 Å². The summed E-state index contributed by atoms with van der Waals surface area (Å²) in [4.78, 5) is 28.9. The van der Waals surface area contributed by atoms with Gasteiger partial charge in [-0.2, -0.15) is 0 Å². The van der Waals surface area contributed by atoms with Crippen molar-refractivity contribution in [1.82, 2.24) is 4.98 Å². The summed E-state index contributed by atoms with van der Waals surface area (Å²) in [5, 5.41) is 3.29. The number of ketones is 1. The van der Waals surface area contributed by atoms with Crippen LogP contribution in [0.1, 0.15) is 33.8 Å². The molecule has 5 nitrogen and oxygen atoms in total. The van der Waals surface area contributed by atoms with Crippen LogP contribution < -0.4 is 10.1 Å². The van der Waals surface area contributed by atoms with Crippen LogP contribution in [0.5, 0.6) is 5.75 Å². The van der Waals surface area contributed by atoms with Crippen molar-refractivity contribution in [3.8, 4) is 5.75 Å². The molecule has 114 valence electrons. The number of Topliss-reactive ketones (excluding diaryl/α,β-unsaturated/α-hetero) is 1. The number of rotatable bonds is 4. The summed E-state index contributed by atoms with van der Waals surface area (Å²) < 4.78 is 5.09. The minimum Gasteiger partial charge on any atom is -0.497 e. The average Bonchev–Trinajstić information content (AvgIpc) is 2.92. The van der Waals surface area contributed by atoms with Gasteiger partial charge in [0, 0.05) is 6.42 Å². The predicted molar refractivity (Wildman–Crippen MR) is 84.7 cm³/mol. The zero-order valence-electron chi connectivity index (χ0n) is 12.2. The minimum absolute atomic E-state index is 0.134. The summed E-state index contributed by atoms with van der Waals surface area (Å²) in [5.41, 5.74) is 1.72. The van der Waals surface area contributed by atoms with E-state index in [-0.39, 0.29) is 18.1 Å². The predicted octanol–water partition coefficient (Wildman–Crippen LogP) is 2.85. The standard InChI is InChI=1S/C16H16N2O3S/c1-21-11-7-5-10(6-8-11)9-14(20)18-16-17-12-3-2-4-13(19)15(12)22-16/h5-8H,2-4,9H2,1H3,(H,17,18,20). The minimum atomic E-state index is -0.135. The molecule has 1 aromatic carbocycles. The van der Waals surface area contributed by atoms with Gasteiger partial charge in [-0.1, -0.05) is 23.5 Å². The van der Waals surface area contributed by atoms with Gasteiger partial charge in [-0.15, -0.1) is 0 Å². The second-order valence-corrected chi connectivity index (χ2v) is 6.14. The van der Waals surface area contributed by atoms with Crippen molar-refractivity contribution in [2.75, 3.05) is 12.4 Å². The number of nitrogens with zero attached hydrogens (tertiary/aromatic N) is 1. The van der Waals surface area contributed by atoms with Gasteiger partial charge < -0.3 is 10.1 Å². The van der Waals surface area contributed by atoms with Crippen molar-refractivity contribution in [3.63, 3.8) is 0 Å².